The topological polar surface area (TPSA) is 114 Å². The molecule has 1 aromatic rings. The summed E-state index contributed by atoms with van der Waals surface area (Å²) in [6.45, 7) is 0.330. The van der Waals surface area contributed by atoms with Gasteiger partial charge in [0.25, 0.3) is 0 Å². The van der Waals surface area contributed by atoms with E-state index in [0.29, 0.717) is 18.7 Å². The van der Waals surface area contributed by atoms with Gasteiger partial charge in [-0.05, 0) is 19.4 Å². The van der Waals surface area contributed by atoms with E-state index >= 15 is 0 Å². The summed E-state index contributed by atoms with van der Waals surface area (Å²) in [7, 11) is 0. The van der Waals surface area contributed by atoms with E-state index in [1.807, 2.05) is 0 Å². The van der Waals surface area contributed by atoms with Crippen LogP contribution in [0.15, 0.2) is 0 Å². The molecule has 106 valence electrons. The number of carboxylic acids is 1. The van der Waals surface area contributed by atoms with Crippen molar-refractivity contribution >= 4 is 5.97 Å². The monoisotopic (exact) mass is 268 g/mol. The molecule has 2 rings (SSSR count). The van der Waals surface area contributed by atoms with E-state index in [0.717, 1.165) is 32.1 Å². The van der Waals surface area contributed by atoms with E-state index in [9.17, 15) is 9.90 Å². The number of hydrogen-bond acceptors (Lipinski definition) is 5. The van der Waals surface area contributed by atoms with Gasteiger partial charge in [0.1, 0.15) is 0 Å². The van der Waals surface area contributed by atoms with Gasteiger partial charge in [0.2, 0.25) is 0 Å². The fourth-order valence-electron chi connectivity index (χ4n) is 2.67. The second-order valence-electron chi connectivity index (χ2n) is 4.95. The van der Waals surface area contributed by atoms with Gasteiger partial charge in [-0.15, -0.1) is 5.10 Å². The highest BCUT2D eigenvalue weighted by Gasteiger charge is 2.29. The van der Waals surface area contributed by atoms with E-state index in [1.165, 1.54) is 0 Å². The summed E-state index contributed by atoms with van der Waals surface area (Å²) in [5, 5.41) is 26.9. The summed E-state index contributed by atoms with van der Waals surface area (Å²) in [6.07, 6.45) is 4.49. The summed E-state index contributed by atoms with van der Waals surface area (Å²) in [4.78, 5) is 11.1. The molecule has 0 radical (unpaired) electrons. The van der Waals surface area contributed by atoms with Gasteiger partial charge in [0.15, 0.2) is 5.69 Å². The number of hydrogen-bond donors (Lipinski definition) is 3. The summed E-state index contributed by atoms with van der Waals surface area (Å²) in [5.41, 5.74) is 5.99. The number of nitrogens with two attached hydrogens (primary N) is 1. The Morgan fingerprint density at radius 3 is 2.79 bits per heavy atom. The summed E-state index contributed by atoms with van der Waals surface area (Å²) in [5.74, 6) is -1.10. The zero-order chi connectivity index (χ0) is 13.8. The highest BCUT2D eigenvalue weighted by atomic mass is 16.4. The molecule has 1 aromatic heterocycles. The molecular formula is C12H20N4O3. The molecule has 0 spiro atoms. The molecule has 2 unspecified atom stereocenters. The fraction of sp³-hybridized carbons (Fsp3) is 0.750. The van der Waals surface area contributed by atoms with E-state index < -0.39 is 12.1 Å². The maximum atomic E-state index is 11.1. The van der Waals surface area contributed by atoms with Crippen molar-refractivity contribution < 1.29 is 15.0 Å². The lowest BCUT2D eigenvalue weighted by Crippen LogP contribution is -2.26. The molecule has 0 aromatic carbocycles. The average Bonchev–Trinajstić information content (AvgIpc) is 2.66. The van der Waals surface area contributed by atoms with E-state index in [4.69, 9.17) is 10.8 Å². The molecule has 1 aliphatic rings. The van der Waals surface area contributed by atoms with Gasteiger partial charge in [-0.2, -0.15) is 0 Å². The average molecular weight is 268 g/mol. The van der Waals surface area contributed by atoms with Crippen molar-refractivity contribution in [2.45, 2.75) is 50.7 Å². The molecule has 1 fully saturated rings. The number of carbonyl (C=O) groups is 1. The van der Waals surface area contributed by atoms with Crippen LogP contribution in [-0.4, -0.2) is 43.8 Å². The van der Waals surface area contributed by atoms with Gasteiger partial charge < -0.3 is 15.9 Å². The first kappa shape index (κ1) is 14.0. The molecule has 1 aliphatic carbocycles. The highest BCUT2D eigenvalue weighted by Crippen LogP contribution is 2.28. The summed E-state index contributed by atoms with van der Waals surface area (Å²) in [6, 6.07) is -0.190. The summed E-state index contributed by atoms with van der Waals surface area (Å²) < 4.78 is 1.58. The Bertz CT molecular complexity index is 446. The van der Waals surface area contributed by atoms with Gasteiger partial charge in [0, 0.05) is 6.42 Å². The molecule has 0 saturated heterocycles. The maximum absolute atomic E-state index is 11.1. The first-order valence-corrected chi connectivity index (χ1v) is 6.70. The highest BCUT2D eigenvalue weighted by molar-refractivity contribution is 5.86. The fourth-order valence-corrected chi connectivity index (χ4v) is 2.67. The van der Waals surface area contributed by atoms with Gasteiger partial charge in [-0.25, -0.2) is 9.48 Å². The van der Waals surface area contributed by atoms with Crippen molar-refractivity contribution in [3.8, 4) is 0 Å². The number of carboxylic acid groups (broad SMARTS) is 1. The second-order valence-corrected chi connectivity index (χ2v) is 4.95. The Morgan fingerprint density at radius 2 is 2.11 bits per heavy atom. The molecule has 7 nitrogen and oxygen atoms in total. The van der Waals surface area contributed by atoms with Crippen LogP contribution in [0.5, 0.6) is 0 Å². The lowest BCUT2D eigenvalue weighted by atomic mass is 10.1. The molecule has 1 saturated carbocycles. The Hall–Kier alpha value is -1.47. The van der Waals surface area contributed by atoms with Crippen molar-refractivity contribution in [3.63, 3.8) is 0 Å². The van der Waals surface area contributed by atoms with Crippen molar-refractivity contribution in [3.05, 3.63) is 11.4 Å². The smallest absolute Gasteiger partial charge is 0.358 e. The zero-order valence-corrected chi connectivity index (χ0v) is 10.8. The van der Waals surface area contributed by atoms with Crippen LogP contribution in [0.4, 0.5) is 0 Å². The predicted octanol–water partition coefficient (Wildman–Crippen LogP) is 0.344. The van der Waals surface area contributed by atoms with Crippen molar-refractivity contribution in [1.29, 1.82) is 0 Å². The molecule has 0 aliphatic heterocycles. The van der Waals surface area contributed by atoms with Crippen LogP contribution < -0.4 is 5.73 Å². The largest absolute Gasteiger partial charge is 0.476 e. The van der Waals surface area contributed by atoms with Crippen molar-refractivity contribution in [2.24, 2.45) is 5.73 Å². The Labute approximate surface area is 111 Å². The van der Waals surface area contributed by atoms with Gasteiger partial charge in [-0.3, -0.25) is 0 Å². The lowest BCUT2D eigenvalue weighted by molar-refractivity contribution is 0.0688. The number of aliphatic hydroxyl groups excluding tert-OH is 1. The number of aromatic carboxylic acids is 1. The SMILES string of the molecule is NCCc1c(C(=O)O)nnn1C1CCCCCC1O. The third-order valence-electron chi connectivity index (χ3n) is 3.63. The molecule has 1 heterocycles. The standard InChI is InChI=1S/C12H20N4O3/c13-7-6-9-11(12(18)19)14-15-16(9)8-4-2-1-3-5-10(8)17/h8,10,17H,1-7,13H2,(H,18,19). The Morgan fingerprint density at radius 1 is 1.37 bits per heavy atom. The quantitative estimate of drug-likeness (QED) is 0.678. The van der Waals surface area contributed by atoms with Crippen LogP contribution in [0.2, 0.25) is 0 Å². The first-order chi connectivity index (χ1) is 9.15. The minimum absolute atomic E-state index is 0.0538. The molecule has 2 atom stereocenters. The number of aromatic nitrogens is 3. The molecule has 0 bridgehead atoms. The van der Waals surface area contributed by atoms with Crippen LogP contribution in [0.1, 0.15) is 54.3 Å². The normalized spacial score (nSPS) is 24.1. The molecule has 19 heavy (non-hydrogen) atoms. The molecular weight excluding hydrogens is 248 g/mol. The van der Waals surface area contributed by atoms with Gasteiger partial charge in [0.05, 0.1) is 17.8 Å². The summed E-state index contributed by atoms with van der Waals surface area (Å²) >= 11 is 0. The zero-order valence-electron chi connectivity index (χ0n) is 10.8. The molecule has 7 heteroatoms. The van der Waals surface area contributed by atoms with E-state index in [1.54, 1.807) is 4.68 Å². The first-order valence-electron chi connectivity index (χ1n) is 6.70. The third-order valence-corrected chi connectivity index (χ3v) is 3.63. The van der Waals surface area contributed by atoms with Crippen LogP contribution in [0.3, 0.4) is 0 Å². The number of rotatable bonds is 4. The Kier molecular flexibility index (Phi) is 4.49. The van der Waals surface area contributed by atoms with Crippen LogP contribution >= 0.6 is 0 Å². The minimum Gasteiger partial charge on any atom is -0.476 e. The Balaban J connectivity index is 2.34. The lowest BCUT2D eigenvalue weighted by Gasteiger charge is -2.22. The molecule has 0 amide bonds. The third kappa shape index (κ3) is 2.93. The van der Waals surface area contributed by atoms with Crippen LogP contribution in [-0.2, 0) is 6.42 Å². The van der Waals surface area contributed by atoms with Gasteiger partial charge >= 0.3 is 5.97 Å². The van der Waals surface area contributed by atoms with Crippen molar-refractivity contribution in [1.82, 2.24) is 15.0 Å². The second kappa shape index (κ2) is 6.12. The molecule has 4 N–H and O–H groups in total. The predicted molar refractivity (Wildman–Crippen MR) is 67.9 cm³/mol. The number of aliphatic hydroxyl groups is 1. The van der Waals surface area contributed by atoms with Gasteiger partial charge in [-0.1, -0.05) is 24.5 Å². The van der Waals surface area contributed by atoms with Crippen LogP contribution in [0, 0.1) is 0 Å². The number of nitrogens with zero attached hydrogens (tertiary/aromatic N) is 3. The van der Waals surface area contributed by atoms with Crippen LogP contribution in [0.25, 0.3) is 0 Å². The van der Waals surface area contributed by atoms with E-state index in [-0.39, 0.29) is 11.7 Å². The van der Waals surface area contributed by atoms with E-state index in [2.05, 4.69) is 10.3 Å². The minimum atomic E-state index is -1.10. The van der Waals surface area contributed by atoms with Crippen molar-refractivity contribution in [2.75, 3.05) is 6.54 Å². The maximum Gasteiger partial charge on any atom is 0.358 e.